The number of para-hydroxylation sites is 1. The van der Waals surface area contributed by atoms with Gasteiger partial charge in [0, 0.05) is 25.0 Å². The minimum Gasteiger partial charge on any atom is -0.444 e. The first-order valence-electron chi connectivity index (χ1n) is 9.09. The fourth-order valence-electron chi connectivity index (χ4n) is 4.19. The van der Waals surface area contributed by atoms with E-state index in [1.807, 2.05) is 18.2 Å². The molecule has 1 unspecified atom stereocenters. The van der Waals surface area contributed by atoms with E-state index in [0.717, 1.165) is 18.8 Å². The molecular formula is C20H21Cl2FN2O3. The lowest BCUT2D eigenvalue weighted by atomic mass is 10.1. The van der Waals surface area contributed by atoms with Crippen LogP contribution in [0.15, 0.2) is 36.4 Å². The Morgan fingerprint density at radius 3 is 2.89 bits per heavy atom. The molecule has 0 spiro atoms. The summed E-state index contributed by atoms with van der Waals surface area (Å²) in [5.41, 5.74) is 1.27. The van der Waals surface area contributed by atoms with Crippen LogP contribution in [0, 0.1) is 5.82 Å². The molecule has 2 aromatic carbocycles. The number of piperazine rings is 1. The van der Waals surface area contributed by atoms with Crippen LogP contribution in [-0.2, 0) is 10.5 Å². The third-order valence-electron chi connectivity index (χ3n) is 5.50. The van der Waals surface area contributed by atoms with Crippen molar-refractivity contribution >= 4 is 29.7 Å². The summed E-state index contributed by atoms with van der Waals surface area (Å²) >= 11 is 5.89. The van der Waals surface area contributed by atoms with E-state index in [1.165, 1.54) is 6.07 Å². The maximum atomic E-state index is 14.5. The zero-order valence-electron chi connectivity index (χ0n) is 15.3. The summed E-state index contributed by atoms with van der Waals surface area (Å²) in [5.74, 6) is -0.446. The fourth-order valence-corrected chi connectivity index (χ4v) is 4.35. The van der Waals surface area contributed by atoms with Gasteiger partial charge in [-0.3, -0.25) is 0 Å². The van der Waals surface area contributed by atoms with Crippen LogP contribution in [-0.4, -0.2) is 38.4 Å². The van der Waals surface area contributed by atoms with E-state index in [4.69, 9.17) is 25.8 Å². The number of anilines is 1. The highest BCUT2D eigenvalue weighted by atomic mass is 35.5. The summed E-state index contributed by atoms with van der Waals surface area (Å²) in [6.45, 7) is 4.82. The van der Waals surface area contributed by atoms with Gasteiger partial charge in [-0.2, -0.15) is 0 Å². The maximum absolute atomic E-state index is 14.5. The smallest absolute Gasteiger partial charge is 0.278 e. The molecular weight excluding hydrogens is 406 g/mol. The molecule has 150 valence electrons. The predicted octanol–water partition coefficient (Wildman–Crippen LogP) is 3.72. The lowest BCUT2D eigenvalue weighted by Gasteiger charge is -2.39. The lowest BCUT2D eigenvalue weighted by molar-refractivity contribution is -0.0705. The second-order valence-corrected chi connectivity index (χ2v) is 7.67. The summed E-state index contributed by atoms with van der Waals surface area (Å²) in [4.78, 5) is 2.31. The number of hydrogen-bond donors (Lipinski definition) is 1. The van der Waals surface area contributed by atoms with Gasteiger partial charge in [0.2, 0.25) is 0 Å². The van der Waals surface area contributed by atoms with Crippen LogP contribution in [0.25, 0.3) is 0 Å². The zero-order chi connectivity index (χ0) is 18.6. The molecule has 5 rings (SSSR count). The summed E-state index contributed by atoms with van der Waals surface area (Å²) < 4.78 is 32.5. The van der Waals surface area contributed by atoms with Gasteiger partial charge < -0.3 is 24.4 Å². The molecule has 3 aliphatic rings. The van der Waals surface area contributed by atoms with Crippen molar-refractivity contribution in [3.63, 3.8) is 0 Å². The molecule has 0 aliphatic carbocycles. The minimum absolute atomic E-state index is 0. The van der Waals surface area contributed by atoms with Crippen molar-refractivity contribution in [3.8, 4) is 11.5 Å². The average molecular weight is 427 g/mol. The van der Waals surface area contributed by atoms with Crippen LogP contribution in [0.4, 0.5) is 10.1 Å². The molecule has 3 heterocycles. The SMILES string of the molecule is CC1(c2ccc(Cl)cc2F)Oc2cccc(N3CCN[C@H]4COC[C@H]43)c2O1.Cl. The Bertz CT molecular complexity index is 900. The molecule has 0 bridgehead atoms. The Morgan fingerprint density at radius 1 is 1.21 bits per heavy atom. The van der Waals surface area contributed by atoms with Crippen molar-refractivity contribution < 1.29 is 18.6 Å². The highest BCUT2D eigenvalue weighted by Gasteiger charge is 2.44. The van der Waals surface area contributed by atoms with Crippen molar-refractivity contribution in [1.29, 1.82) is 0 Å². The summed E-state index contributed by atoms with van der Waals surface area (Å²) in [7, 11) is 0. The Balaban J connectivity index is 0.00000192. The second-order valence-electron chi connectivity index (χ2n) is 7.24. The molecule has 3 aliphatic heterocycles. The third-order valence-corrected chi connectivity index (χ3v) is 5.73. The van der Waals surface area contributed by atoms with Crippen molar-refractivity contribution in [1.82, 2.24) is 5.32 Å². The molecule has 1 N–H and O–H groups in total. The van der Waals surface area contributed by atoms with Gasteiger partial charge in [0.1, 0.15) is 5.82 Å². The number of benzene rings is 2. The topological polar surface area (TPSA) is 43.0 Å². The van der Waals surface area contributed by atoms with E-state index in [9.17, 15) is 4.39 Å². The molecule has 5 nitrogen and oxygen atoms in total. The first kappa shape index (κ1) is 19.6. The number of fused-ring (bicyclic) bond motifs is 2. The van der Waals surface area contributed by atoms with E-state index < -0.39 is 11.6 Å². The maximum Gasteiger partial charge on any atom is 0.278 e. The highest BCUT2D eigenvalue weighted by molar-refractivity contribution is 6.30. The number of ether oxygens (including phenoxy) is 3. The van der Waals surface area contributed by atoms with Crippen LogP contribution in [0.5, 0.6) is 11.5 Å². The fraction of sp³-hybridized carbons (Fsp3) is 0.400. The molecule has 0 radical (unpaired) electrons. The van der Waals surface area contributed by atoms with Gasteiger partial charge in [-0.15, -0.1) is 12.4 Å². The van der Waals surface area contributed by atoms with Gasteiger partial charge in [0.15, 0.2) is 11.5 Å². The molecule has 0 saturated carbocycles. The van der Waals surface area contributed by atoms with Crippen molar-refractivity contribution in [3.05, 3.63) is 52.8 Å². The van der Waals surface area contributed by atoms with Gasteiger partial charge in [0.05, 0.1) is 36.5 Å². The Kier molecular flexibility index (Phi) is 5.08. The van der Waals surface area contributed by atoms with Crippen LogP contribution < -0.4 is 19.7 Å². The molecule has 28 heavy (non-hydrogen) atoms. The molecule has 8 heteroatoms. The molecule has 0 aromatic heterocycles. The first-order valence-corrected chi connectivity index (χ1v) is 9.47. The number of halogens is 3. The molecule has 2 saturated heterocycles. The molecule has 2 fully saturated rings. The molecule has 2 aromatic rings. The average Bonchev–Trinajstić information content (AvgIpc) is 3.24. The third kappa shape index (κ3) is 3.08. The predicted molar refractivity (Wildman–Crippen MR) is 107 cm³/mol. The van der Waals surface area contributed by atoms with Crippen LogP contribution in [0.3, 0.4) is 0 Å². The Hall–Kier alpha value is -1.73. The summed E-state index contributed by atoms with van der Waals surface area (Å²) in [5, 5.41) is 3.84. The van der Waals surface area contributed by atoms with Gasteiger partial charge in [-0.1, -0.05) is 17.7 Å². The summed E-state index contributed by atoms with van der Waals surface area (Å²) in [6.07, 6.45) is 0. The van der Waals surface area contributed by atoms with Crippen molar-refractivity contribution in [2.45, 2.75) is 24.8 Å². The van der Waals surface area contributed by atoms with E-state index in [1.54, 1.807) is 19.1 Å². The highest BCUT2D eigenvalue weighted by Crippen LogP contribution is 2.50. The quantitative estimate of drug-likeness (QED) is 0.792. The van der Waals surface area contributed by atoms with Gasteiger partial charge in [-0.25, -0.2) is 4.39 Å². The molecule has 3 atom stereocenters. The molecule has 0 amide bonds. The van der Waals surface area contributed by atoms with Crippen molar-refractivity contribution in [2.24, 2.45) is 0 Å². The zero-order valence-corrected chi connectivity index (χ0v) is 16.9. The van der Waals surface area contributed by atoms with Gasteiger partial charge >= 0.3 is 0 Å². The normalized spacial score (nSPS) is 28.0. The number of nitrogens with one attached hydrogen (secondary N) is 1. The minimum atomic E-state index is -1.24. The Labute approximate surface area is 174 Å². The standard InChI is InChI=1S/C20H20ClFN2O3.ClH/c1-20(13-6-5-12(21)9-14(13)22)26-18-4-2-3-16(19(18)27-20)24-8-7-23-15-10-25-11-17(15)24;/h2-6,9,15,17,23H,7-8,10-11H2,1H3;1H/t15-,17+,20?;/m0./s1. The van der Waals surface area contributed by atoms with Crippen LogP contribution in [0.1, 0.15) is 12.5 Å². The van der Waals surface area contributed by atoms with Gasteiger partial charge in [0.25, 0.3) is 5.79 Å². The number of rotatable bonds is 2. The van der Waals surface area contributed by atoms with E-state index in [0.29, 0.717) is 41.3 Å². The monoisotopic (exact) mass is 426 g/mol. The van der Waals surface area contributed by atoms with Crippen LogP contribution in [0.2, 0.25) is 5.02 Å². The van der Waals surface area contributed by atoms with Gasteiger partial charge in [-0.05, 0) is 30.3 Å². The number of hydrogen-bond acceptors (Lipinski definition) is 5. The first-order chi connectivity index (χ1) is 13.0. The van der Waals surface area contributed by atoms with E-state index in [2.05, 4.69) is 10.2 Å². The second kappa shape index (κ2) is 7.26. The number of nitrogens with zero attached hydrogens (tertiary/aromatic N) is 1. The lowest BCUT2D eigenvalue weighted by Crippen LogP contribution is -2.57. The summed E-state index contributed by atoms with van der Waals surface area (Å²) in [6, 6.07) is 10.9. The Morgan fingerprint density at radius 2 is 2.07 bits per heavy atom. The van der Waals surface area contributed by atoms with E-state index >= 15 is 0 Å². The largest absolute Gasteiger partial charge is 0.444 e. The van der Waals surface area contributed by atoms with Crippen LogP contribution >= 0.6 is 24.0 Å². The van der Waals surface area contributed by atoms with Crippen molar-refractivity contribution in [2.75, 3.05) is 31.2 Å². The van der Waals surface area contributed by atoms with E-state index in [-0.39, 0.29) is 18.4 Å².